The number of hydrogen-bond acceptors (Lipinski definition) is 7. The van der Waals surface area contributed by atoms with E-state index in [1.54, 1.807) is 28.6 Å². The van der Waals surface area contributed by atoms with Gasteiger partial charge in [0.05, 0.1) is 16.0 Å². The van der Waals surface area contributed by atoms with E-state index in [-0.39, 0.29) is 33.0 Å². The fourth-order valence-electron chi connectivity index (χ4n) is 6.15. The van der Waals surface area contributed by atoms with Crippen molar-refractivity contribution in [2.45, 2.75) is 51.0 Å². The quantitative estimate of drug-likeness (QED) is 0.244. The number of furan rings is 1. The van der Waals surface area contributed by atoms with Crippen LogP contribution in [0.4, 0.5) is 5.69 Å². The van der Waals surface area contributed by atoms with Crippen LogP contribution in [0.2, 0.25) is 0 Å². The average molecular weight is 551 g/mol. The number of fused-ring (bicyclic) bond motifs is 2. The molecule has 2 aliphatic rings. The van der Waals surface area contributed by atoms with E-state index in [0.717, 1.165) is 19.3 Å². The third-order valence-corrected chi connectivity index (χ3v) is 9.35. The summed E-state index contributed by atoms with van der Waals surface area (Å²) in [6.45, 7) is 7.09. The van der Waals surface area contributed by atoms with E-state index in [4.69, 9.17) is 4.42 Å². The first-order valence-corrected chi connectivity index (χ1v) is 14.1. The van der Waals surface area contributed by atoms with Gasteiger partial charge in [-0.25, -0.2) is 13.8 Å². The predicted molar refractivity (Wildman–Crippen MR) is 146 cm³/mol. The van der Waals surface area contributed by atoms with Gasteiger partial charge >= 0.3 is 0 Å². The molecular formula is C28H30N4O6S. The number of sulfonamides is 1. The molecule has 5 rings (SSSR count). The molecule has 0 spiro atoms. The highest BCUT2D eigenvalue weighted by Gasteiger charge is 2.53. The zero-order chi connectivity index (χ0) is 28.0. The van der Waals surface area contributed by atoms with Crippen molar-refractivity contribution in [1.29, 1.82) is 0 Å². The molecule has 2 aromatic carbocycles. The van der Waals surface area contributed by atoms with Gasteiger partial charge in [-0.05, 0) is 78.6 Å². The standard InChI is InChI=1S/C28H30N4O6S/c1-27(2)14-22-15-28(3,17-27)18-31(22)39(36,37)24-11-6-20(7-12-24)26(33)30-29-16-23-10-13-25(38-23)19-4-8-21(9-5-19)32(34)35/h4-13,16,22H,14-15,17-18H2,1-3H3,(H,30,33)/b29-16+. The van der Waals surface area contributed by atoms with Gasteiger partial charge in [0.25, 0.3) is 11.6 Å². The Morgan fingerprint density at radius 1 is 1.08 bits per heavy atom. The minimum Gasteiger partial charge on any atom is -0.455 e. The molecule has 2 heterocycles. The van der Waals surface area contributed by atoms with Gasteiger partial charge in [0, 0.05) is 35.8 Å². The molecule has 1 aliphatic heterocycles. The molecular weight excluding hydrogens is 520 g/mol. The van der Waals surface area contributed by atoms with Crippen LogP contribution in [0.3, 0.4) is 0 Å². The van der Waals surface area contributed by atoms with Crippen molar-refractivity contribution in [3.8, 4) is 11.3 Å². The Kier molecular flexibility index (Phi) is 6.68. The highest BCUT2D eigenvalue weighted by molar-refractivity contribution is 7.89. The summed E-state index contributed by atoms with van der Waals surface area (Å²) >= 11 is 0. The number of rotatable bonds is 7. The summed E-state index contributed by atoms with van der Waals surface area (Å²) in [4.78, 5) is 23.1. The van der Waals surface area contributed by atoms with Crippen LogP contribution in [0.15, 0.2) is 75.1 Å². The number of hydrazone groups is 1. The van der Waals surface area contributed by atoms with E-state index in [1.807, 2.05) is 0 Å². The monoisotopic (exact) mass is 550 g/mol. The van der Waals surface area contributed by atoms with Crippen LogP contribution in [0.1, 0.15) is 56.2 Å². The summed E-state index contributed by atoms with van der Waals surface area (Å²) in [6.07, 6.45) is 4.04. The Hall–Kier alpha value is -3.83. The van der Waals surface area contributed by atoms with Crippen molar-refractivity contribution in [3.63, 3.8) is 0 Å². The first-order valence-electron chi connectivity index (χ1n) is 12.7. The fourth-order valence-corrected chi connectivity index (χ4v) is 7.92. The number of carbonyl (C=O) groups is 1. The lowest BCUT2D eigenvalue weighted by molar-refractivity contribution is -0.384. The molecule has 1 amide bonds. The lowest BCUT2D eigenvalue weighted by Crippen LogP contribution is -2.37. The normalized spacial score (nSPS) is 22.7. The molecule has 1 saturated heterocycles. The summed E-state index contributed by atoms with van der Waals surface area (Å²) in [5.41, 5.74) is 3.41. The van der Waals surface area contributed by atoms with Gasteiger partial charge in [-0.2, -0.15) is 9.41 Å². The van der Waals surface area contributed by atoms with Crippen molar-refractivity contribution in [2.24, 2.45) is 15.9 Å². The highest BCUT2D eigenvalue weighted by Crippen LogP contribution is 2.53. The second kappa shape index (κ2) is 9.73. The van der Waals surface area contributed by atoms with E-state index in [1.165, 1.54) is 42.6 Å². The van der Waals surface area contributed by atoms with Crippen molar-refractivity contribution in [2.75, 3.05) is 6.54 Å². The Balaban J connectivity index is 1.21. The summed E-state index contributed by atoms with van der Waals surface area (Å²) in [5.74, 6) is 0.371. The summed E-state index contributed by atoms with van der Waals surface area (Å²) in [6, 6.07) is 15.2. The second-order valence-electron chi connectivity index (χ2n) is 11.5. The number of nitrogens with zero attached hydrogens (tertiary/aromatic N) is 3. The van der Waals surface area contributed by atoms with Gasteiger partial charge in [-0.3, -0.25) is 14.9 Å². The number of hydrogen-bond donors (Lipinski definition) is 1. The smallest absolute Gasteiger partial charge is 0.271 e. The zero-order valence-electron chi connectivity index (χ0n) is 22.0. The molecule has 2 bridgehead atoms. The first-order chi connectivity index (χ1) is 18.4. The number of nitrogens with one attached hydrogen (secondary N) is 1. The highest BCUT2D eigenvalue weighted by atomic mass is 32.2. The molecule has 1 aromatic heterocycles. The van der Waals surface area contributed by atoms with Crippen LogP contribution in [0.5, 0.6) is 0 Å². The Labute approximate surface area is 226 Å². The van der Waals surface area contributed by atoms with Gasteiger partial charge in [-0.15, -0.1) is 0 Å². The predicted octanol–water partition coefficient (Wildman–Crippen LogP) is 5.21. The molecule has 1 saturated carbocycles. The Morgan fingerprint density at radius 2 is 1.77 bits per heavy atom. The Bertz CT molecular complexity index is 1540. The second-order valence-corrected chi connectivity index (χ2v) is 13.4. The number of non-ortho nitro benzene ring substituents is 1. The maximum Gasteiger partial charge on any atom is 0.271 e. The van der Waals surface area contributed by atoms with Crippen molar-refractivity contribution in [3.05, 3.63) is 82.1 Å². The fraction of sp³-hybridized carbons (Fsp3) is 0.357. The van der Waals surface area contributed by atoms with Crippen molar-refractivity contribution in [1.82, 2.24) is 9.73 Å². The van der Waals surface area contributed by atoms with E-state index < -0.39 is 20.9 Å². The maximum atomic E-state index is 13.5. The van der Waals surface area contributed by atoms with Crippen molar-refractivity contribution >= 4 is 27.8 Å². The lowest BCUT2D eigenvalue weighted by Gasteiger charge is -2.39. The third-order valence-electron chi connectivity index (χ3n) is 7.44. The number of nitro benzene ring substituents is 1. The molecule has 1 aliphatic carbocycles. The van der Waals surface area contributed by atoms with Crippen LogP contribution in [-0.2, 0) is 10.0 Å². The van der Waals surface area contributed by atoms with Crippen LogP contribution in [0, 0.1) is 20.9 Å². The number of benzene rings is 2. The van der Waals surface area contributed by atoms with E-state index in [2.05, 4.69) is 31.3 Å². The number of nitro groups is 1. The molecule has 10 nitrogen and oxygen atoms in total. The number of amides is 1. The SMILES string of the molecule is CC1(C)CC2CC(C)(CN2S(=O)(=O)c2ccc(C(=O)N/N=C/c3ccc(-c4ccc([N+](=O)[O-])cc4)o3)cc2)C1. The van der Waals surface area contributed by atoms with Crippen LogP contribution in [-0.4, -0.2) is 42.4 Å². The van der Waals surface area contributed by atoms with Crippen LogP contribution < -0.4 is 5.43 Å². The van der Waals surface area contributed by atoms with Gasteiger partial charge < -0.3 is 4.42 Å². The van der Waals surface area contributed by atoms with E-state index in [9.17, 15) is 23.3 Å². The lowest BCUT2D eigenvalue weighted by atomic mass is 9.65. The molecule has 2 unspecified atom stereocenters. The molecule has 2 fully saturated rings. The van der Waals surface area contributed by atoms with Gasteiger partial charge in [0.1, 0.15) is 11.5 Å². The van der Waals surface area contributed by atoms with Crippen LogP contribution in [0.25, 0.3) is 11.3 Å². The molecule has 2 atom stereocenters. The Morgan fingerprint density at radius 3 is 2.44 bits per heavy atom. The molecule has 1 N–H and O–H groups in total. The molecule has 204 valence electrons. The maximum absolute atomic E-state index is 13.5. The summed E-state index contributed by atoms with van der Waals surface area (Å²) in [5, 5.41) is 14.7. The van der Waals surface area contributed by atoms with Gasteiger partial charge in [0.15, 0.2) is 0 Å². The summed E-state index contributed by atoms with van der Waals surface area (Å²) < 4.78 is 34.2. The zero-order valence-corrected chi connectivity index (χ0v) is 22.8. The largest absolute Gasteiger partial charge is 0.455 e. The molecule has 0 radical (unpaired) electrons. The van der Waals surface area contributed by atoms with Crippen molar-refractivity contribution < 1.29 is 22.6 Å². The van der Waals surface area contributed by atoms with Gasteiger partial charge in [-0.1, -0.05) is 20.8 Å². The topological polar surface area (TPSA) is 135 Å². The molecule has 11 heteroatoms. The van der Waals surface area contributed by atoms with Gasteiger partial charge in [0.2, 0.25) is 10.0 Å². The summed E-state index contributed by atoms with van der Waals surface area (Å²) in [7, 11) is -3.68. The molecule has 39 heavy (non-hydrogen) atoms. The minimum absolute atomic E-state index is 0.0106. The van der Waals surface area contributed by atoms with E-state index in [0.29, 0.717) is 23.6 Å². The average Bonchev–Trinajstić information content (AvgIpc) is 3.45. The minimum atomic E-state index is -3.68. The number of carbonyl (C=O) groups excluding carboxylic acids is 1. The third kappa shape index (κ3) is 5.50. The molecule has 3 aromatic rings. The first kappa shape index (κ1) is 26.8. The van der Waals surface area contributed by atoms with E-state index >= 15 is 0 Å². The van der Waals surface area contributed by atoms with Crippen LogP contribution >= 0.6 is 0 Å².